The standard InChI is InChI=1S/C17H22O5/c1-19-6-11-12-7-20-15-13(12)21-14(11)16(15)22-17(18)10-5-8-2-3-9(10)4-8/h2-3,8-16H,4-7H2,1H3. The van der Waals surface area contributed by atoms with E-state index in [9.17, 15) is 4.79 Å². The molecular formula is C17H22O5. The van der Waals surface area contributed by atoms with Crippen molar-refractivity contribution in [1.82, 2.24) is 0 Å². The van der Waals surface area contributed by atoms with Gasteiger partial charge in [-0.3, -0.25) is 4.79 Å². The third-order valence-electron chi connectivity index (χ3n) is 6.35. The molecule has 0 aromatic carbocycles. The van der Waals surface area contributed by atoms with Crippen LogP contribution in [-0.2, 0) is 23.7 Å². The van der Waals surface area contributed by atoms with Gasteiger partial charge in [0, 0.05) is 18.9 Å². The largest absolute Gasteiger partial charge is 0.456 e. The van der Waals surface area contributed by atoms with Crippen LogP contribution < -0.4 is 0 Å². The first-order chi connectivity index (χ1) is 10.8. The Morgan fingerprint density at radius 3 is 2.86 bits per heavy atom. The van der Waals surface area contributed by atoms with Crippen LogP contribution in [0.4, 0.5) is 0 Å². The first-order valence-electron chi connectivity index (χ1n) is 8.41. The zero-order valence-corrected chi connectivity index (χ0v) is 12.7. The minimum Gasteiger partial charge on any atom is -0.456 e. The number of carbonyl (C=O) groups excluding carboxylic acids is 1. The van der Waals surface area contributed by atoms with E-state index in [1.54, 1.807) is 7.11 Å². The summed E-state index contributed by atoms with van der Waals surface area (Å²) in [6.45, 7) is 1.34. The molecule has 0 amide bonds. The Kier molecular flexibility index (Phi) is 2.94. The fourth-order valence-corrected chi connectivity index (χ4v) is 5.34. The quantitative estimate of drug-likeness (QED) is 0.576. The molecule has 4 fully saturated rings. The molecule has 0 aromatic heterocycles. The molecule has 0 aromatic rings. The maximum atomic E-state index is 12.6. The number of rotatable bonds is 4. The fourth-order valence-electron chi connectivity index (χ4n) is 5.34. The maximum Gasteiger partial charge on any atom is 0.310 e. The molecule has 22 heavy (non-hydrogen) atoms. The van der Waals surface area contributed by atoms with Crippen LogP contribution in [0.25, 0.3) is 0 Å². The number of ether oxygens (including phenoxy) is 4. The first kappa shape index (κ1) is 13.5. The predicted molar refractivity (Wildman–Crippen MR) is 76.0 cm³/mol. The lowest BCUT2D eigenvalue weighted by atomic mass is 9.79. The second-order valence-electron chi connectivity index (χ2n) is 7.43. The van der Waals surface area contributed by atoms with Gasteiger partial charge in [-0.15, -0.1) is 0 Å². The topological polar surface area (TPSA) is 54.0 Å². The van der Waals surface area contributed by atoms with Crippen molar-refractivity contribution >= 4 is 5.97 Å². The van der Waals surface area contributed by atoms with Gasteiger partial charge in [0.05, 0.1) is 25.2 Å². The van der Waals surface area contributed by atoms with Crippen molar-refractivity contribution in [3.05, 3.63) is 12.2 Å². The van der Waals surface area contributed by atoms with Crippen LogP contribution in [0.1, 0.15) is 12.8 Å². The van der Waals surface area contributed by atoms with Crippen molar-refractivity contribution in [1.29, 1.82) is 0 Å². The predicted octanol–water partition coefficient (Wildman–Crippen LogP) is 1.17. The molecule has 1 saturated carbocycles. The number of fused-ring (bicyclic) bond motifs is 3. The van der Waals surface area contributed by atoms with Crippen molar-refractivity contribution in [2.45, 2.75) is 37.3 Å². The minimum absolute atomic E-state index is 0.0344. The summed E-state index contributed by atoms with van der Waals surface area (Å²) in [5.74, 6) is 1.62. The smallest absolute Gasteiger partial charge is 0.310 e. The molecule has 0 N–H and O–H groups in total. The molecule has 2 aliphatic carbocycles. The zero-order chi connectivity index (χ0) is 14.8. The molecule has 9 atom stereocenters. The molecule has 5 heteroatoms. The lowest BCUT2D eigenvalue weighted by Crippen LogP contribution is -2.46. The van der Waals surface area contributed by atoms with Gasteiger partial charge < -0.3 is 18.9 Å². The average molecular weight is 306 g/mol. The van der Waals surface area contributed by atoms with Gasteiger partial charge in [-0.1, -0.05) is 12.2 Å². The summed E-state index contributed by atoms with van der Waals surface area (Å²) in [6.07, 6.45) is 6.20. The van der Waals surface area contributed by atoms with Crippen molar-refractivity contribution in [2.24, 2.45) is 29.6 Å². The number of esters is 1. The van der Waals surface area contributed by atoms with Crippen LogP contribution in [0.3, 0.4) is 0 Å². The molecule has 5 aliphatic rings. The van der Waals surface area contributed by atoms with E-state index < -0.39 is 0 Å². The summed E-state index contributed by atoms with van der Waals surface area (Å²) in [4.78, 5) is 12.6. The Morgan fingerprint density at radius 2 is 2.14 bits per heavy atom. The summed E-state index contributed by atoms with van der Waals surface area (Å²) in [5, 5.41) is 0. The third-order valence-corrected chi connectivity index (χ3v) is 6.35. The minimum atomic E-state index is -0.250. The van der Waals surface area contributed by atoms with Crippen molar-refractivity contribution in [3.8, 4) is 0 Å². The fraction of sp³-hybridized carbons (Fsp3) is 0.824. The lowest BCUT2D eigenvalue weighted by Gasteiger charge is -2.30. The molecule has 3 heterocycles. The molecule has 120 valence electrons. The Morgan fingerprint density at radius 1 is 1.23 bits per heavy atom. The summed E-state index contributed by atoms with van der Waals surface area (Å²) in [5.41, 5.74) is 0. The van der Waals surface area contributed by atoms with E-state index in [0.717, 1.165) is 12.8 Å². The van der Waals surface area contributed by atoms with E-state index in [1.165, 1.54) is 0 Å². The zero-order valence-electron chi connectivity index (χ0n) is 12.7. The summed E-state index contributed by atoms with van der Waals surface area (Å²) < 4.78 is 23.2. The second kappa shape index (κ2) is 4.79. The Hall–Kier alpha value is -0.910. The molecule has 9 unspecified atom stereocenters. The monoisotopic (exact) mass is 306 g/mol. The van der Waals surface area contributed by atoms with Crippen molar-refractivity contribution in [2.75, 3.05) is 20.3 Å². The van der Waals surface area contributed by atoms with Crippen LogP contribution in [0.15, 0.2) is 12.2 Å². The molecule has 3 saturated heterocycles. The Bertz CT molecular complexity index is 517. The number of carbonyl (C=O) groups is 1. The number of hydrogen-bond acceptors (Lipinski definition) is 5. The highest BCUT2D eigenvalue weighted by atomic mass is 16.6. The van der Waals surface area contributed by atoms with E-state index in [1.807, 2.05) is 0 Å². The highest BCUT2D eigenvalue weighted by molar-refractivity contribution is 5.74. The molecule has 3 aliphatic heterocycles. The molecule has 4 bridgehead atoms. The number of hydrogen-bond donors (Lipinski definition) is 0. The molecule has 5 nitrogen and oxygen atoms in total. The number of allylic oxidation sites excluding steroid dienone is 2. The second-order valence-corrected chi connectivity index (χ2v) is 7.43. The van der Waals surface area contributed by atoms with Crippen LogP contribution in [0.5, 0.6) is 0 Å². The Labute approximate surface area is 129 Å². The van der Waals surface area contributed by atoms with Crippen LogP contribution in [0.2, 0.25) is 0 Å². The molecular weight excluding hydrogens is 284 g/mol. The highest BCUT2D eigenvalue weighted by Gasteiger charge is 2.65. The normalized spacial score (nSPS) is 53.6. The van der Waals surface area contributed by atoms with Gasteiger partial charge in [-0.2, -0.15) is 0 Å². The van der Waals surface area contributed by atoms with E-state index in [4.69, 9.17) is 18.9 Å². The van der Waals surface area contributed by atoms with E-state index >= 15 is 0 Å². The van der Waals surface area contributed by atoms with Crippen molar-refractivity contribution in [3.63, 3.8) is 0 Å². The summed E-state index contributed by atoms with van der Waals surface area (Å²) in [7, 11) is 1.71. The van der Waals surface area contributed by atoms with Crippen LogP contribution >= 0.6 is 0 Å². The lowest BCUT2D eigenvalue weighted by molar-refractivity contribution is -0.163. The van der Waals surface area contributed by atoms with E-state index in [-0.39, 0.29) is 42.2 Å². The van der Waals surface area contributed by atoms with Gasteiger partial charge in [0.1, 0.15) is 12.2 Å². The van der Waals surface area contributed by atoms with Gasteiger partial charge >= 0.3 is 5.97 Å². The average Bonchev–Trinajstić information content (AvgIpc) is 3.27. The first-order valence-corrected chi connectivity index (χ1v) is 8.41. The summed E-state index contributed by atoms with van der Waals surface area (Å²) in [6, 6.07) is 0. The molecule has 5 rings (SSSR count). The number of methoxy groups -OCH3 is 1. The van der Waals surface area contributed by atoms with Crippen LogP contribution in [0, 0.1) is 29.6 Å². The van der Waals surface area contributed by atoms with Gasteiger partial charge in [-0.25, -0.2) is 0 Å². The van der Waals surface area contributed by atoms with Gasteiger partial charge in [-0.05, 0) is 24.7 Å². The van der Waals surface area contributed by atoms with Gasteiger partial charge in [0.2, 0.25) is 0 Å². The summed E-state index contributed by atoms with van der Waals surface area (Å²) >= 11 is 0. The van der Waals surface area contributed by atoms with Gasteiger partial charge in [0.15, 0.2) is 6.10 Å². The SMILES string of the molecule is COCC1C2COC3C2OC1C3OC(=O)C1CC2C=CC1C2. The van der Waals surface area contributed by atoms with E-state index in [2.05, 4.69) is 12.2 Å². The van der Waals surface area contributed by atoms with Gasteiger partial charge in [0.25, 0.3) is 0 Å². The Balaban J connectivity index is 1.31. The molecule has 0 radical (unpaired) electrons. The highest BCUT2D eigenvalue weighted by Crippen LogP contribution is 2.51. The molecule has 0 spiro atoms. The third kappa shape index (κ3) is 1.73. The van der Waals surface area contributed by atoms with Crippen molar-refractivity contribution < 1.29 is 23.7 Å². The van der Waals surface area contributed by atoms with E-state index in [0.29, 0.717) is 31.0 Å². The van der Waals surface area contributed by atoms with Crippen LogP contribution in [-0.4, -0.2) is 50.7 Å². The maximum absolute atomic E-state index is 12.6.